The van der Waals surface area contributed by atoms with Gasteiger partial charge in [-0.25, -0.2) is 13.1 Å². The number of rotatable bonds is 8. The van der Waals surface area contributed by atoms with Crippen molar-refractivity contribution in [2.75, 3.05) is 13.1 Å². The number of sulfonamides is 1. The van der Waals surface area contributed by atoms with Crippen LogP contribution in [0.25, 0.3) is 0 Å². The van der Waals surface area contributed by atoms with E-state index in [0.717, 1.165) is 6.54 Å². The van der Waals surface area contributed by atoms with Gasteiger partial charge in [-0.05, 0) is 18.7 Å². The molecule has 0 radical (unpaired) electrons. The summed E-state index contributed by atoms with van der Waals surface area (Å²) in [6.07, 6.45) is 0.349. The summed E-state index contributed by atoms with van der Waals surface area (Å²) in [6, 6.07) is 3.08. The highest BCUT2D eigenvalue weighted by Gasteiger charge is 2.18. The fourth-order valence-electron chi connectivity index (χ4n) is 1.66. The fraction of sp³-hybridized carbons (Fsp3) is 0.500. The van der Waals surface area contributed by atoms with Gasteiger partial charge in [0, 0.05) is 19.9 Å². The Balaban J connectivity index is 1.90. The molecule has 0 aliphatic rings. The number of hydrogen-bond donors (Lipinski definition) is 2. The Morgan fingerprint density at radius 2 is 2.14 bits per heavy atom. The summed E-state index contributed by atoms with van der Waals surface area (Å²) in [6.45, 7) is 5.08. The molecule has 2 aromatic heterocycles. The van der Waals surface area contributed by atoms with Gasteiger partial charge in [0.25, 0.3) is 10.0 Å². The third-order valence-corrected chi connectivity index (χ3v) is 3.99. The van der Waals surface area contributed by atoms with Crippen molar-refractivity contribution in [1.82, 2.24) is 20.2 Å². The van der Waals surface area contributed by atoms with E-state index >= 15 is 0 Å². The molecule has 0 spiro atoms. The fourth-order valence-corrected chi connectivity index (χ4v) is 2.63. The molecule has 2 N–H and O–H groups in total. The molecule has 0 amide bonds. The first-order chi connectivity index (χ1) is 10.0. The molecule has 8 nitrogen and oxygen atoms in total. The van der Waals surface area contributed by atoms with Crippen LogP contribution in [0.2, 0.25) is 0 Å². The lowest BCUT2D eigenvalue weighted by Gasteiger charge is -2.02. The van der Waals surface area contributed by atoms with Crippen LogP contribution >= 0.6 is 0 Å². The van der Waals surface area contributed by atoms with Crippen molar-refractivity contribution in [2.45, 2.75) is 31.9 Å². The first kappa shape index (κ1) is 15.7. The normalized spacial score (nSPS) is 11.9. The van der Waals surface area contributed by atoms with Gasteiger partial charge in [-0.3, -0.25) is 0 Å². The number of furan rings is 1. The Labute approximate surface area is 123 Å². The minimum absolute atomic E-state index is 0.0975. The molecular formula is C12H18N4O4S. The largest absolute Gasteiger partial charge is 0.447 e. The summed E-state index contributed by atoms with van der Waals surface area (Å²) in [5.74, 6) is 1.49. The molecule has 0 unspecified atom stereocenters. The summed E-state index contributed by atoms with van der Waals surface area (Å²) in [5.41, 5.74) is 0. The van der Waals surface area contributed by atoms with E-state index < -0.39 is 10.0 Å². The number of aryl methyl sites for hydroxylation is 1. The highest BCUT2D eigenvalue weighted by molar-refractivity contribution is 7.89. The molecule has 0 aliphatic carbocycles. The van der Waals surface area contributed by atoms with E-state index in [9.17, 15) is 8.42 Å². The quantitative estimate of drug-likeness (QED) is 0.734. The minimum atomic E-state index is -3.66. The Kier molecular flexibility index (Phi) is 5.10. The zero-order valence-electron chi connectivity index (χ0n) is 11.9. The molecule has 0 atom stereocenters. The van der Waals surface area contributed by atoms with E-state index in [4.69, 9.17) is 8.94 Å². The van der Waals surface area contributed by atoms with E-state index in [1.165, 1.54) is 6.07 Å². The zero-order chi connectivity index (χ0) is 15.3. The van der Waals surface area contributed by atoms with Crippen LogP contribution in [0.3, 0.4) is 0 Å². The van der Waals surface area contributed by atoms with E-state index in [-0.39, 0.29) is 11.6 Å². The average Bonchev–Trinajstić information content (AvgIpc) is 3.06. The summed E-state index contributed by atoms with van der Waals surface area (Å²) in [4.78, 5) is 4.00. The highest BCUT2D eigenvalue weighted by Crippen LogP contribution is 2.13. The summed E-state index contributed by atoms with van der Waals surface area (Å²) >= 11 is 0. The third kappa shape index (κ3) is 4.38. The number of aromatic nitrogens is 2. The lowest BCUT2D eigenvalue weighted by molar-refractivity contribution is 0.387. The standard InChI is InChI=1S/C12H18N4O4S/c1-3-13-8-10-4-5-12(19-10)21(17,18)14-7-6-11-15-9(2)20-16-11/h4-5,13-14H,3,6-8H2,1-2H3. The maximum absolute atomic E-state index is 12.0. The molecule has 9 heteroatoms. The lowest BCUT2D eigenvalue weighted by atomic mass is 10.4. The van der Waals surface area contributed by atoms with Crippen molar-refractivity contribution in [3.63, 3.8) is 0 Å². The number of nitrogens with one attached hydrogen (secondary N) is 2. The molecule has 0 bridgehead atoms. The lowest BCUT2D eigenvalue weighted by Crippen LogP contribution is -2.26. The van der Waals surface area contributed by atoms with Crippen molar-refractivity contribution in [1.29, 1.82) is 0 Å². The maximum Gasteiger partial charge on any atom is 0.273 e. The van der Waals surface area contributed by atoms with Crippen LogP contribution in [-0.4, -0.2) is 31.6 Å². The van der Waals surface area contributed by atoms with Gasteiger partial charge in [-0.1, -0.05) is 12.1 Å². The first-order valence-electron chi connectivity index (χ1n) is 6.59. The summed E-state index contributed by atoms with van der Waals surface area (Å²) in [5, 5.41) is 6.66. The topological polar surface area (TPSA) is 110 Å². The zero-order valence-corrected chi connectivity index (χ0v) is 12.7. The van der Waals surface area contributed by atoms with E-state index in [2.05, 4.69) is 20.2 Å². The van der Waals surface area contributed by atoms with Gasteiger partial charge in [-0.15, -0.1) is 0 Å². The molecule has 0 saturated heterocycles. The van der Waals surface area contributed by atoms with Crippen LogP contribution in [0.15, 0.2) is 26.2 Å². The molecule has 0 saturated carbocycles. The highest BCUT2D eigenvalue weighted by atomic mass is 32.2. The third-order valence-electron chi connectivity index (χ3n) is 2.66. The summed E-state index contributed by atoms with van der Waals surface area (Å²) < 4.78 is 36.6. The van der Waals surface area contributed by atoms with Crippen molar-refractivity contribution >= 4 is 10.0 Å². The van der Waals surface area contributed by atoms with E-state index in [0.29, 0.717) is 30.4 Å². The van der Waals surface area contributed by atoms with Crippen LogP contribution in [0.4, 0.5) is 0 Å². The van der Waals surface area contributed by atoms with Gasteiger partial charge in [0.05, 0.1) is 6.54 Å². The molecule has 0 fully saturated rings. The van der Waals surface area contributed by atoms with Crippen LogP contribution in [0.1, 0.15) is 24.4 Å². The van der Waals surface area contributed by atoms with E-state index in [1.54, 1.807) is 13.0 Å². The van der Waals surface area contributed by atoms with Crippen LogP contribution < -0.4 is 10.0 Å². The van der Waals surface area contributed by atoms with Crippen molar-refractivity contribution in [3.8, 4) is 0 Å². The van der Waals surface area contributed by atoms with Crippen molar-refractivity contribution in [3.05, 3.63) is 29.6 Å². The Bertz CT molecular complexity index is 677. The van der Waals surface area contributed by atoms with E-state index in [1.807, 2.05) is 6.92 Å². The molecule has 0 aromatic carbocycles. The van der Waals surface area contributed by atoms with Gasteiger partial charge >= 0.3 is 0 Å². The molecule has 2 heterocycles. The second-order valence-electron chi connectivity index (χ2n) is 4.38. The summed E-state index contributed by atoms with van der Waals surface area (Å²) in [7, 11) is -3.66. The van der Waals surface area contributed by atoms with Crippen molar-refractivity contribution in [2.24, 2.45) is 0 Å². The monoisotopic (exact) mass is 314 g/mol. The Morgan fingerprint density at radius 3 is 2.81 bits per heavy atom. The second-order valence-corrected chi connectivity index (χ2v) is 6.08. The second kappa shape index (κ2) is 6.83. The first-order valence-corrected chi connectivity index (χ1v) is 8.08. The average molecular weight is 314 g/mol. The predicted octanol–water partition coefficient (Wildman–Crippen LogP) is 0.602. The van der Waals surface area contributed by atoms with Crippen LogP contribution in [0, 0.1) is 6.92 Å². The predicted molar refractivity (Wildman–Crippen MR) is 74.0 cm³/mol. The van der Waals surface area contributed by atoms with Gasteiger partial charge in [0.2, 0.25) is 11.0 Å². The van der Waals surface area contributed by atoms with Crippen LogP contribution in [-0.2, 0) is 23.0 Å². The molecule has 2 rings (SSSR count). The number of nitrogens with zero attached hydrogens (tertiary/aromatic N) is 2. The Hall–Kier alpha value is -1.71. The van der Waals surface area contributed by atoms with Crippen LogP contribution in [0.5, 0.6) is 0 Å². The van der Waals surface area contributed by atoms with Gasteiger partial charge in [0.1, 0.15) is 5.76 Å². The molecular weight excluding hydrogens is 296 g/mol. The minimum Gasteiger partial charge on any atom is -0.447 e. The molecule has 2 aromatic rings. The van der Waals surface area contributed by atoms with Gasteiger partial charge in [-0.2, -0.15) is 4.98 Å². The molecule has 116 valence electrons. The van der Waals surface area contributed by atoms with Crippen molar-refractivity contribution < 1.29 is 17.4 Å². The number of hydrogen-bond acceptors (Lipinski definition) is 7. The van der Waals surface area contributed by atoms with Gasteiger partial charge < -0.3 is 14.3 Å². The molecule has 0 aliphatic heterocycles. The molecule has 21 heavy (non-hydrogen) atoms. The van der Waals surface area contributed by atoms with Gasteiger partial charge in [0.15, 0.2) is 5.82 Å². The smallest absolute Gasteiger partial charge is 0.273 e. The maximum atomic E-state index is 12.0. The Morgan fingerprint density at radius 1 is 1.33 bits per heavy atom. The SMILES string of the molecule is CCNCc1ccc(S(=O)(=O)NCCc2noc(C)n2)o1.